The van der Waals surface area contributed by atoms with Gasteiger partial charge in [0.1, 0.15) is 0 Å². The first kappa shape index (κ1) is 9.24. The summed E-state index contributed by atoms with van der Waals surface area (Å²) >= 11 is 0. The normalized spacial score (nSPS) is 22.5. The minimum absolute atomic E-state index is 0.650. The van der Waals surface area contributed by atoms with Gasteiger partial charge in [0.25, 0.3) is 0 Å². The van der Waals surface area contributed by atoms with Gasteiger partial charge in [-0.2, -0.15) is 0 Å². The van der Waals surface area contributed by atoms with Crippen molar-refractivity contribution in [3.8, 4) is 0 Å². The molecule has 0 saturated carbocycles. The lowest BCUT2D eigenvalue weighted by molar-refractivity contribution is 0.489. The molecule has 0 aromatic rings. The standard InChI is InChI=1S/C7H15O2PSi/c1-11(2,3)9-10(8)6-4-5-7-10/h4-5H,6-7H2,1-3H3. The van der Waals surface area contributed by atoms with Gasteiger partial charge in [0.15, 0.2) is 8.32 Å². The molecule has 0 amide bonds. The van der Waals surface area contributed by atoms with E-state index in [4.69, 9.17) is 4.21 Å². The highest BCUT2D eigenvalue weighted by atomic mass is 31.2. The molecule has 1 aliphatic rings. The van der Waals surface area contributed by atoms with Gasteiger partial charge in [-0.15, -0.1) is 0 Å². The molecule has 2 nitrogen and oxygen atoms in total. The van der Waals surface area contributed by atoms with Crippen LogP contribution in [0, 0.1) is 0 Å². The SMILES string of the molecule is C[Si](C)(C)OP1(=O)CC=CC1. The Morgan fingerprint density at radius 1 is 1.27 bits per heavy atom. The molecule has 0 fully saturated rings. The summed E-state index contributed by atoms with van der Waals surface area (Å²) in [4.78, 5) is 0. The van der Waals surface area contributed by atoms with Crippen molar-refractivity contribution in [2.75, 3.05) is 12.3 Å². The number of hydrogen-bond donors (Lipinski definition) is 0. The molecule has 1 heterocycles. The van der Waals surface area contributed by atoms with E-state index >= 15 is 0 Å². The minimum atomic E-state index is -2.24. The lowest BCUT2D eigenvalue weighted by Crippen LogP contribution is -2.24. The Morgan fingerprint density at radius 3 is 2.09 bits per heavy atom. The van der Waals surface area contributed by atoms with Crippen molar-refractivity contribution in [3.63, 3.8) is 0 Å². The van der Waals surface area contributed by atoms with Gasteiger partial charge in [0.05, 0.1) is 0 Å². The molecule has 0 atom stereocenters. The van der Waals surface area contributed by atoms with Crippen LogP contribution in [0.25, 0.3) is 0 Å². The third-order valence-corrected chi connectivity index (χ3v) is 6.43. The maximum atomic E-state index is 11.8. The molecule has 0 saturated heterocycles. The zero-order chi connectivity index (χ0) is 8.54. The molecule has 0 aromatic carbocycles. The number of hydrogen-bond acceptors (Lipinski definition) is 2. The molecule has 1 rings (SSSR count). The molecule has 0 unspecified atom stereocenters. The molecule has 0 spiro atoms. The van der Waals surface area contributed by atoms with Crippen molar-refractivity contribution in [2.45, 2.75) is 19.6 Å². The summed E-state index contributed by atoms with van der Waals surface area (Å²) in [6.07, 6.45) is 5.22. The van der Waals surface area contributed by atoms with Crippen LogP contribution in [-0.4, -0.2) is 20.6 Å². The van der Waals surface area contributed by atoms with E-state index < -0.39 is 15.7 Å². The first-order valence-electron chi connectivity index (χ1n) is 3.85. The zero-order valence-corrected chi connectivity index (χ0v) is 9.23. The van der Waals surface area contributed by atoms with Gasteiger partial charge in [0.2, 0.25) is 7.37 Å². The molecular formula is C7H15O2PSi. The molecule has 4 heteroatoms. The molecule has 1 aliphatic heterocycles. The van der Waals surface area contributed by atoms with E-state index in [1.54, 1.807) is 0 Å². The third-order valence-electron chi connectivity index (χ3n) is 1.37. The van der Waals surface area contributed by atoms with E-state index in [2.05, 4.69) is 19.6 Å². The fraction of sp³-hybridized carbons (Fsp3) is 0.714. The highest BCUT2D eigenvalue weighted by Gasteiger charge is 2.30. The smallest absolute Gasteiger partial charge is 0.201 e. The number of allylic oxidation sites excluding steroid dienone is 2. The summed E-state index contributed by atoms with van der Waals surface area (Å²) in [7, 11) is -3.84. The second-order valence-electron chi connectivity index (χ2n) is 3.85. The van der Waals surface area contributed by atoms with Crippen LogP contribution in [0.1, 0.15) is 0 Å². The van der Waals surface area contributed by atoms with Crippen molar-refractivity contribution in [1.29, 1.82) is 0 Å². The second kappa shape index (κ2) is 2.89. The van der Waals surface area contributed by atoms with Crippen LogP contribution in [0.5, 0.6) is 0 Å². The quantitative estimate of drug-likeness (QED) is 0.380. The average Bonchev–Trinajstić information content (AvgIpc) is 2.09. The Kier molecular flexibility index (Phi) is 2.42. The summed E-state index contributed by atoms with van der Waals surface area (Å²) in [6, 6.07) is 0. The van der Waals surface area contributed by atoms with Crippen molar-refractivity contribution in [2.24, 2.45) is 0 Å². The van der Waals surface area contributed by atoms with Crippen LogP contribution < -0.4 is 0 Å². The minimum Gasteiger partial charge on any atom is -0.370 e. The van der Waals surface area contributed by atoms with E-state index in [1.165, 1.54) is 0 Å². The summed E-state index contributed by atoms with van der Waals surface area (Å²) in [5, 5.41) is 0. The van der Waals surface area contributed by atoms with E-state index in [0.29, 0.717) is 12.3 Å². The Labute approximate surface area is 69.2 Å². The van der Waals surface area contributed by atoms with Gasteiger partial charge in [-0.1, -0.05) is 12.2 Å². The summed E-state index contributed by atoms with van der Waals surface area (Å²) < 4.78 is 17.4. The maximum absolute atomic E-state index is 11.8. The number of rotatable bonds is 2. The van der Waals surface area contributed by atoms with Crippen LogP contribution in [0.2, 0.25) is 19.6 Å². The lowest BCUT2D eigenvalue weighted by atomic mass is 10.6. The fourth-order valence-corrected chi connectivity index (χ4v) is 6.80. The van der Waals surface area contributed by atoms with E-state index in [1.807, 2.05) is 12.2 Å². The Hall–Kier alpha value is 0.147. The van der Waals surface area contributed by atoms with Crippen LogP contribution in [0.15, 0.2) is 12.2 Å². The van der Waals surface area contributed by atoms with Gasteiger partial charge in [-0.05, 0) is 19.6 Å². The van der Waals surface area contributed by atoms with Gasteiger partial charge < -0.3 is 4.21 Å². The van der Waals surface area contributed by atoms with Crippen molar-refractivity contribution in [3.05, 3.63) is 12.2 Å². The molecule has 0 radical (unpaired) electrons. The van der Waals surface area contributed by atoms with Gasteiger partial charge in [-0.3, -0.25) is 4.57 Å². The van der Waals surface area contributed by atoms with Gasteiger partial charge in [0, 0.05) is 12.3 Å². The largest absolute Gasteiger partial charge is 0.370 e. The Morgan fingerprint density at radius 2 is 1.73 bits per heavy atom. The summed E-state index contributed by atoms with van der Waals surface area (Å²) in [5.41, 5.74) is 0. The zero-order valence-electron chi connectivity index (χ0n) is 7.33. The third kappa shape index (κ3) is 2.94. The Bertz CT molecular complexity index is 205. The average molecular weight is 190 g/mol. The highest BCUT2D eigenvalue weighted by Crippen LogP contribution is 2.52. The van der Waals surface area contributed by atoms with Crippen molar-refractivity contribution < 1.29 is 8.78 Å². The van der Waals surface area contributed by atoms with E-state index in [-0.39, 0.29) is 0 Å². The van der Waals surface area contributed by atoms with Crippen LogP contribution in [0.4, 0.5) is 0 Å². The van der Waals surface area contributed by atoms with Gasteiger partial charge in [-0.25, -0.2) is 0 Å². The highest BCUT2D eigenvalue weighted by molar-refractivity contribution is 7.61. The molecule has 0 aliphatic carbocycles. The second-order valence-corrected chi connectivity index (χ2v) is 11.2. The van der Waals surface area contributed by atoms with Crippen LogP contribution >= 0.6 is 7.37 Å². The molecule has 0 N–H and O–H groups in total. The maximum Gasteiger partial charge on any atom is 0.201 e. The van der Waals surface area contributed by atoms with E-state index in [0.717, 1.165) is 0 Å². The van der Waals surface area contributed by atoms with Crippen molar-refractivity contribution >= 4 is 15.7 Å². The van der Waals surface area contributed by atoms with Crippen LogP contribution in [-0.2, 0) is 8.78 Å². The summed E-state index contributed by atoms with van der Waals surface area (Å²) in [6.45, 7) is 6.22. The molecule has 0 aromatic heterocycles. The first-order chi connectivity index (χ1) is 4.91. The molecule has 64 valence electrons. The van der Waals surface area contributed by atoms with Gasteiger partial charge >= 0.3 is 0 Å². The monoisotopic (exact) mass is 190 g/mol. The molecular weight excluding hydrogens is 175 g/mol. The summed E-state index contributed by atoms with van der Waals surface area (Å²) in [5.74, 6) is 0. The Balaban J connectivity index is 2.56. The molecule has 11 heavy (non-hydrogen) atoms. The van der Waals surface area contributed by atoms with Crippen molar-refractivity contribution in [1.82, 2.24) is 0 Å². The molecule has 0 bridgehead atoms. The van der Waals surface area contributed by atoms with E-state index in [9.17, 15) is 4.57 Å². The predicted molar refractivity (Wildman–Crippen MR) is 50.9 cm³/mol. The fourth-order valence-electron chi connectivity index (χ4n) is 1.12. The predicted octanol–water partition coefficient (Wildman–Crippen LogP) is 2.69. The first-order valence-corrected chi connectivity index (χ1v) is 9.26. The topological polar surface area (TPSA) is 26.3 Å². The van der Waals surface area contributed by atoms with Crippen LogP contribution in [0.3, 0.4) is 0 Å². The lowest BCUT2D eigenvalue weighted by Gasteiger charge is -2.22.